The Balaban J connectivity index is 1.78. The zero-order chi connectivity index (χ0) is 36.3. The van der Waals surface area contributed by atoms with E-state index in [0.29, 0.717) is 22.8 Å². The number of H-pyrrole nitrogens is 2. The lowest BCUT2D eigenvalue weighted by molar-refractivity contribution is -0.161. The van der Waals surface area contributed by atoms with Gasteiger partial charge in [-0.1, -0.05) is 39.2 Å². The van der Waals surface area contributed by atoms with Gasteiger partial charge < -0.3 is 19.4 Å². The predicted octanol–water partition coefficient (Wildman–Crippen LogP) is 8.60. The quantitative estimate of drug-likeness (QED) is 0.161. The summed E-state index contributed by atoms with van der Waals surface area (Å²) in [4.78, 5) is 65.9. The van der Waals surface area contributed by atoms with Gasteiger partial charge in [0.1, 0.15) is 0 Å². The molecule has 2 aliphatic heterocycles. The van der Waals surface area contributed by atoms with Gasteiger partial charge >= 0.3 is 23.9 Å². The largest absolute Gasteiger partial charge is 0.393 e. The van der Waals surface area contributed by atoms with Gasteiger partial charge in [-0.3, -0.25) is 19.2 Å². The molecule has 0 saturated heterocycles. The van der Waals surface area contributed by atoms with Gasteiger partial charge in [-0.05, 0) is 98.2 Å². The molecule has 2 aliphatic rings. The van der Waals surface area contributed by atoms with E-state index >= 15 is 0 Å². The fraction of sp³-hybridized carbons (Fsp3) is 0.300. The van der Waals surface area contributed by atoms with Crippen LogP contribution in [-0.4, -0.2) is 43.8 Å². The van der Waals surface area contributed by atoms with Crippen molar-refractivity contribution in [3.63, 3.8) is 0 Å². The first-order chi connectivity index (χ1) is 23.9. The Hall–Kier alpha value is -5.64. The van der Waals surface area contributed by atoms with E-state index in [1.54, 1.807) is 13.8 Å². The zero-order valence-corrected chi connectivity index (χ0v) is 29.5. The third-order valence-corrected chi connectivity index (χ3v) is 9.23. The Morgan fingerprint density at radius 1 is 0.600 bits per heavy atom. The summed E-state index contributed by atoms with van der Waals surface area (Å²) in [6.07, 6.45) is 4.36. The van der Waals surface area contributed by atoms with Gasteiger partial charge in [-0.2, -0.15) is 0 Å². The molecule has 0 radical (unpaired) electrons. The molecule has 2 N–H and O–H groups in total. The third-order valence-electron chi connectivity index (χ3n) is 9.23. The van der Waals surface area contributed by atoms with Crippen molar-refractivity contribution >= 4 is 80.4 Å². The van der Waals surface area contributed by atoms with Crippen molar-refractivity contribution in [3.05, 3.63) is 82.5 Å². The lowest BCUT2D eigenvalue weighted by Gasteiger charge is -2.07. The summed E-state index contributed by atoms with van der Waals surface area (Å²) in [5.74, 6) is -2.38. The highest BCUT2D eigenvalue weighted by Crippen LogP contribution is 2.38. The number of aromatic nitrogens is 4. The van der Waals surface area contributed by atoms with Crippen LogP contribution in [0, 0.1) is 13.8 Å². The average Bonchev–Trinajstić information content (AvgIpc) is 3.75. The van der Waals surface area contributed by atoms with Crippen molar-refractivity contribution in [2.45, 2.75) is 80.1 Å². The highest BCUT2D eigenvalue weighted by Gasteiger charge is 2.24. The molecule has 10 nitrogen and oxygen atoms in total. The Labute approximate surface area is 291 Å². The Bertz CT molecular complexity index is 2190. The van der Waals surface area contributed by atoms with E-state index in [2.05, 4.69) is 29.2 Å². The summed E-state index contributed by atoms with van der Waals surface area (Å²) < 4.78 is 9.90. The molecule has 0 saturated carbocycles. The van der Waals surface area contributed by atoms with Gasteiger partial charge in [0.15, 0.2) is 0 Å². The van der Waals surface area contributed by atoms with Crippen LogP contribution >= 0.6 is 0 Å². The van der Waals surface area contributed by atoms with Crippen LogP contribution in [0.25, 0.3) is 56.5 Å². The first-order valence-corrected chi connectivity index (χ1v) is 16.8. The molecule has 0 amide bonds. The molecule has 50 heavy (non-hydrogen) atoms. The van der Waals surface area contributed by atoms with Crippen LogP contribution in [0.2, 0.25) is 0 Å². The van der Waals surface area contributed by atoms with E-state index in [1.807, 2.05) is 58.0 Å². The van der Waals surface area contributed by atoms with E-state index in [4.69, 9.17) is 19.4 Å². The minimum atomic E-state index is -0.610. The summed E-state index contributed by atoms with van der Waals surface area (Å²) in [5, 5.41) is 0. The molecule has 3 aromatic rings. The fourth-order valence-electron chi connectivity index (χ4n) is 6.26. The predicted molar refractivity (Wildman–Crippen MR) is 197 cm³/mol. The van der Waals surface area contributed by atoms with Crippen LogP contribution in [0.1, 0.15) is 111 Å². The lowest BCUT2D eigenvalue weighted by atomic mass is 9.98. The summed E-state index contributed by atoms with van der Waals surface area (Å²) >= 11 is 0. The molecule has 5 heterocycles. The molecule has 5 rings (SSSR count). The average molecular weight is 675 g/mol. The lowest BCUT2D eigenvalue weighted by Crippen LogP contribution is -2.11. The van der Waals surface area contributed by atoms with Gasteiger partial charge in [-0.15, -0.1) is 0 Å². The number of nitrogens with one attached hydrogen (secondary N) is 2. The zero-order valence-electron chi connectivity index (χ0n) is 29.5. The van der Waals surface area contributed by atoms with Gasteiger partial charge in [0.2, 0.25) is 0 Å². The number of ether oxygens (including phenoxy) is 2. The number of aryl methyl sites for hydroxylation is 2. The molecule has 3 aromatic heterocycles. The van der Waals surface area contributed by atoms with Crippen LogP contribution in [-0.2, 0) is 28.7 Å². The Kier molecular flexibility index (Phi) is 10.6. The highest BCUT2D eigenvalue weighted by molar-refractivity contribution is 5.98. The Morgan fingerprint density at radius 2 is 1.00 bits per heavy atom. The minimum Gasteiger partial charge on any atom is -0.393 e. The maximum absolute atomic E-state index is 12.6. The first-order valence-electron chi connectivity index (χ1n) is 16.8. The number of nitrogens with zero attached hydrogens (tertiary/aromatic N) is 2. The number of fused-ring (bicyclic) bond motifs is 8. The topological polar surface area (TPSA) is 144 Å². The molecular weight excluding hydrogens is 632 g/mol. The van der Waals surface area contributed by atoms with Crippen molar-refractivity contribution < 1.29 is 28.7 Å². The van der Waals surface area contributed by atoms with Crippen molar-refractivity contribution in [3.8, 4) is 0 Å². The fourth-order valence-corrected chi connectivity index (χ4v) is 6.26. The number of aromatic amines is 2. The van der Waals surface area contributed by atoms with Crippen LogP contribution in [0.15, 0.2) is 37.4 Å². The second-order valence-corrected chi connectivity index (χ2v) is 12.3. The van der Waals surface area contributed by atoms with Crippen LogP contribution < -0.4 is 0 Å². The first kappa shape index (κ1) is 35.7. The van der Waals surface area contributed by atoms with Crippen molar-refractivity contribution in [1.82, 2.24) is 19.9 Å². The molecule has 0 aliphatic carbocycles. The van der Waals surface area contributed by atoms with Gasteiger partial charge in [0, 0.05) is 46.0 Å². The van der Waals surface area contributed by atoms with Crippen LogP contribution in [0.4, 0.5) is 0 Å². The van der Waals surface area contributed by atoms with E-state index in [0.717, 1.165) is 66.6 Å². The smallest absolute Gasteiger partial charge is 0.313 e. The maximum atomic E-state index is 12.6. The standard InChI is InChI=1S/C40H42N4O6/c1-9-25-21(5)29-17-30-23(7)27(13-15-39(47)49-37(45)11-3)35(43-30)20-36-28(14-16-40(48)50-38(46)12-4)24(8)32(44-36)19-34-26(10-2)22(6)31(42-34)18-33(25)41-29/h9-10,17-20,41-42H,1-2,11-16H2,3-8H3. The number of hydrogen-bond donors (Lipinski definition) is 2. The maximum Gasteiger partial charge on any atom is 0.313 e. The molecule has 8 bridgehead atoms. The third kappa shape index (κ3) is 7.19. The van der Waals surface area contributed by atoms with Crippen molar-refractivity contribution in [2.24, 2.45) is 0 Å². The SMILES string of the molecule is C=Cc1c(C)c2cc3[nH]c(cc4nc(cc5nc(cc1[nH]2)C(C)=C5CCC(=O)OC(=O)CC)C(CCC(=O)OC(=O)CC)=C4C)c(C)c3C=C. The Morgan fingerprint density at radius 3 is 1.42 bits per heavy atom. The molecule has 0 spiro atoms. The molecule has 0 fully saturated rings. The van der Waals surface area contributed by atoms with E-state index in [-0.39, 0.29) is 38.5 Å². The normalized spacial score (nSPS) is 12.6. The number of carbonyl (C=O) groups excluding carboxylic acids is 4. The second-order valence-electron chi connectivity index (χ2n) is 12.3. The van der Waals surface area contributed by atoms with Crippen LogP contribution in [0.5, 0.6) is 0 Å². The van der Waals surface area contributed by atoms with Gasteiger partial charge in [0.25, 0.3) is 0 Å². The van der Waals surface area contributed by atoms with Crippen molar-refractivity contribution in [2.75, 3.05) is 0 Å². The number of carbonyl (C=O) groups is 4. The monoisotopic (exact) mass is 674 g/mol. The van der Waals surface area contributed by atoms with E-state index in [9.17, 15) is 19.2 Å². The van der Waals surface area contributed by atoms with E-state index in [1.165, 1.54) is 0 Å². The summed E-state index contributed by atoms with van der Waals surface area (Å²) in [5.41, 5.74) is 13.3. The molecule has 258 valence electrons. The molecule has 0 aromatic carbocycles. The van der Waals surface area contributed by atoms with Gasteiger partial charge in [-0.25, -0.2) is 9.97 Å². The van der Waals surface area contributed by atoms with Crippen molar-refractivity contribution in [1.29, 1.82) is 0 Å². The second kappa shape index (κ2) is 14.9. The minimum absolute atomic E-state index is 0.0188. The summed E-state index contributed by atoms with van der Waals surface area (Å²) in [6, 6.07) is 7.86. The number of allylic oxidation sites excluding steroid dienone is 4. The molecular formula is C40H42N4O6. The van der Waals surface area contributed by atoms with E-state index < -0.39 is 23.9 Å². The van der Waals surface area contributed by atoms with Gasteiger partial charge in [0.05, 0.1) is 35.6 Å². The molecule has 0 unspecified atom stereocenters. The number of esters is 4. The summed E-state index contributed by atoms with van der Waals surface area (Å²) in [7, 11) is 0. The number of rotatable bonds is 10. The highest BCUT2D eigenvalue weighted by atomic mass is 16.6. The molecule has 0 atom stereocenters. The summed E-state index contributed by atoms with van der Waals surface area (Å²) in [6.45, 7) is 19.4. The number of hydrogen-bond acceptors (Lipinski definition) is 8. The molecule has 10 heteroatoms. The van der Waals surface area contributed by atoms with Crippen LogP contribution in [0.3, 0.4) is 0 Å².